The minimum atomic E-state index is -1.13. The summed E-state index contributed by atoms with van der Waals surface area (Å²) in [7, 11) is 1.74. The molecule has 1 aromatic rings. The molecule has 3 fully saturated rings. The smallest absolute Gasteiger partial charge is 0.260 e. The molecule has 5 rings (SSSR count). The van der Waals surface area contributed by atoms with Crippen molar-refractivity contribution in [3.05, 3.63) is 23.8 Å². The van der Waals surface area contributed by atoms with Crippen LogP contribution in [0, 0.1) is 16.7 Å². The van der Waals surface area contributed by atoms with Crippen molar-refractivity contribution in [3.63, 3.8) is 0 Å². The molecule has 7 nitrogen and oxygen atoms in total. The zero-order chi connectivity index (χ0) is 22.4. The fourth-order valence-electron chi connectivity index (χ4n) is 5.42. The Balaban J connectivity index is 1.74. The van der Waals surface area contributed by atoms with Crippen molar-refractivity contribution >= 4 is 52.3 Å². The molecule has 0 aromatic heterocycles. The average molecular weight is 476 g/mol. The third-order valence-electron chi connectivity index (χ3n) is 7.27. The van der Waals surface area contributed by atoms with Crippen LogP contribution in [0.3, 0.4) is 0 Å². The SMILES string of the molecule is CN1C(=O)[C@@]23C[C@](C)(C#N)[C@H](c4ccc5c(c4)OCO5)N2C(=O)[C@](C)(SC=S)C1(C)S3. The van der Waals surface area contributed by atoms with E-state index in [0.29, 0.717) is 11.5 Å². The van der Waals surface area contributed by atoms with Gasteiger partial charge in [-0.25, -0.2) is 0 Å². The monoisotopic (exact) mass is 475 g/mol. The molecule has 0 radical (unpaired) electrons. The normalized spacial score (nSPS) is 40.2. The summed E-state index contributed by atoms with van der Waals surface area (Å²) in [5.41, 5.74) is -0.217. The van der Waals surface area contributed by atoms with Gasteiger partial charge in [-0.2, -0.15) is 5.26 Å². The highest BCUT2D eigenvalue weighted by molar-refractivity contribution is 8.22. The van der Waals surface area contributed by atoms with E-state index in [-0.39, 0.29) is 25.0 Å². The van der Waals surface area contributed by atoms with Crippen molar-refractivity contribution in [3.8, 4) is 17.6 Å². The minimum absolute atomic E-state index is 0.131. The molecular formula is C21H21N3O4S3. The first-order valence-corrected chi connectivity index (χ1v) is 12.0. The van der Waals surface area contributed by atoms with Crippen molar-refractivity contribution in [2.75, 3.05) is 13.8 Å². The molecule has 4 heterocycles. The van der Waals surface area contributed by atoms with Crippen molar-refractivity contribution < 1.29 is 19.1 Å². The highest BCUT2D eigenvalue weighted by Crippen LogP contribution is 2.71. The lowest BCUT2D eigenvalue weighted by Crippen LogP contribution is -2.65. The van der Waals surface area contributed by atoms with Gasteiger partial charge in [-0.05, 0) is 38.5 Å². The van der Waals surface area contributed by atoms with Gasteiger partial charge in [0, 0.05) is 18.2 Å². The van der Waals surface area contributed by atoms with E-state index in [4.69, 9.17) is 21.7 Å². The fraction of sp³-hybridized carbons (Fsp3) is 0.524. The fourth-order valence-corrected chi connectivity index (χ4v) is 9.05. The van der Waals surface area contributed by atoms with Crippen molar-refractivity contribution in [1.29, 1.82) is 5.26 Å². The zero-order valence-electron chi connectivity index (χ0n) is 17.5. The molecule has 0 saturated carbocycles. The molecule has 4 aliphatic heterocycles. The number of benzene rings is 1. The molecule has 3 saturated heterocycles. The third kappa shape index (κ3) is 2.29. The van der Waals surface area contributed by atoms with Crippen LogP contribution < -0.4 is 9.47 Å². The molecule has 10 heteroatoms. The zero-order valence-corrected chi connectivity index (χ0v) is 19.9. The van der Waals surface area contributed by atoms with Crippen LogP contribution >= 0.6 is 35.7 Å². The lowest BCUT2D eigenvalue weighted by molar-refractivity contribution is -0.143. The summed E-state index contributed by atoms with van der Waals surface area (Å²) in [6.07, 6.45) is 0.253. The van der Waals surface area contributed by atoms with Gasteiger partial charge < -0.3 is 19.3 Å². The number of carbonyl (C=O) groups is 2. The Kier molecular flexibility index (Phi) is 4.25. The summed E-state index contributed by atoms with van der Waals surface area (Å²) in [5.74, 6) is 0.873. The maximum Gasteiger partial charge on any atom is 0.260 e. The predicted molar refractivity (Wildman–Crippen MR) is 122 cm³/mol. The van der Waals surface area contributed by atoms with Crippen LogP contribution in [0.25, 0.3) is 0 Å². The van der Waals surface area contributed by atoms with Crippen LogP contribution in [-0.4, -0.2) is 54.6 Å². The molecule has 0 aliphatic carbocycles. The van der Waals surface area contributed by atoms with E-state index in [2.05, 4.69) is 6.07 Å². The molecule has 1 spiro atoms. The van der Waals surface area contributed by atoms with E-state index in [1.165, 1.54) is 28.2 Å². The van der Waals surface area contributed by atoms with E-state index < -0.39 is 25.9 Å². The molecule has 1 aromatic carbocycles. The Morgan fingerprint density at radius 3 is 2.65 bits per heavy atom. The summed E-state index contributed by atoms with van der Waals surface area (Å²) in [6.45, 7) is 5.72. The van der Waals surface area contributed by atoms with Gasteiger partial charge in [0.25, 0.3) is 5.91 Å². The summed E-state index contributed by atoms with van der Waals surface area (Å²) >= 11 is 7.85. The largest absolute Gasteiger partial charge is 0.454 e. The number of nitrogens with zero attached hydrogens (tertiary/aromatic N) is 3. The molecule has 1 unspecified atom stereocenters. The first-order valence-electron chi connectivity index (χ1n) is 9.82. The second-order valence-corrected chi connectivity index (χ2v) is 12.4. The topological polar surface area (TPSA) is 82.9 Å². The second kappa shape index (κ2) is 6.30. The Hall–Kier alpha value is -1.96. The number of amides is 2. The number of thioether (sulfide) groups is 2. The molecule has 4 aliphatic rings. The van der Waals surface area contributed by atoms with E-state index in [0.717, 1.165) is 5.56 Å². The lowest BCUT2D eigenvalue weighted by atomic mass is 9.79. The summed E-state index contributed by atoms with van der Waals surface area (Å²) in [4.78, 5) is 29.3. The number of carbonyl (C=O) groups excluding carboxylic acids is 2. The highest BCUT2D eigenvalue weighted by atomic mass is 32.2. The van der Waals surface area contributed by atoms with Gasteiger partial charge in [-0.3, -0.25) is 9.59 Å². The number of ether oxygens (including phenoxy) is 2. The number of rotatable bonds is 3. The van der Waals surface area contributed by atoms with Gasteiger partial charge in [0.1, 0.15) is 9.62 Å². The number of thiocarbonyl (C=S) groups is 1. The highest BCUT2D eigenvalue weighted by Gasteiger charge is 2.79. The van der Waals surface area contributed by atoms with E-state index in [1.54, 1.807) is 22.9 Å². The maximum atomic E-state index is 14.2. The number of hydrogen-bond acceptors (Lipinski definition) is 8. The van der Waals surface area contributed by atoms with Crippen LogP contribution in [0.1, 0.15) is 38.8 Å². The van der Waals surface area contributed by atoms with Crippen LogP contribution in [0.4, 0.5) is 0 Å². The average Bonchev–Trinajstić information content (AvgIpc) is 3.36. The van der Waals surface area contributed by atoms with Crippen molar-refractivity contribution in [2.24, 2.45) is 5.41 Å². The first-order chi connectivity index (χ1) is 14.6. The van der Waals surface area contributed by atoms with E-state index in [1.807, 2.05) is 32.9 Å². The molecule has 5 atom stereocenters. The Morgan fingerprint density at radius 1 is 1.26 bits per heavy atom. The molecule has 2 bridgehead atoms. The number of nitriles is 1. The van der Waals surface area contributed by atoms with Crippen molar-refractivity contribution in [1.82, 2.24) is 9.80 Å². The van der Waals surface area contributed by atoms with Crippen molar-refractivity contribution in [2.45, 2.75) is 47.7 Å². The Bertz CT molecular complexity index is 1090. The minimum Gasteiger partial charge on any atom is -0.454 e. The second-order valence-electron chi connectivity index (χ2n) is 8.88. The molecule has 0 N–H and O–H groups in total. The van der Waals surface area contributed by atoms with Crippen LogP contribution in [0.2, 0.25) is 0 Å². The summed E-state index contributed by atoms with van der Waals surface area (Å²) in [6, 6.07) is 7.28. The number of hydrogen-bond donors (Lipinski definition) is 0. The number of likely N-dealkylation sites (N-methyl/N-ethyl adjacent to an activating group) is 1. The molecule has 162 valence electrons. The molecule has 31 heavy (non-hydrogen) atoms. The van der Waals surface area contributed by atoms with E-state index >= 15 is 0 Å². The quantitative estimate of drug-likeness (QED) is 0.616. The summed E-state index contributed by atoms with van der Waals surface area (Å²) in [5, 5.41) is 10.3. The molecule has 2 amide bonds. The van der Waals surface area contributed by atoms with E-state index in [9.17, 15) is 14.9 Å². The number of fused-ring (bicyclic) bond motifs is 2. The maximum absolute atomic E-state index is 14.2. The summed E-state index contributed by atoms with van der Waals surface area (Å²) < 4.78 is 11.5. The van der Waals surface area contributed by atoms with Gasteiger partial charge in [-0.1, -0.05) is 30.0 Å². The third-order valence-corrected chi connectivity index (χ3v) is 10.8. The standard InChI is InChI=1S/C21H21N3O4S3/c1-18(9-22)8-21-17(26)23(4)20(3,31-21)19(2,30-11-29)16(25)24(21)15(18)12-5-6-13-14(7-12)28-10-27-13/h5-7,11,15H,8,10H2,1-4H3/t15-,18+,19-,20?,21-/m0/s1. The Morgan fingerprint density at radius 2 is 1.97 bits per heavy atom. The Labute approximate surface area is 194 Å². The predicted octanol–water partition coefficient (Wildman–Crippen LogP) is 3.30. The molecular weight excluding hydrogens is 454 g/mol. The van der Waals surface area contributed by atoms with Crippen LogP contribution in [0.15, 0.2) is 18.2 Å². The van der Waals surface area contributed by atoms with Gasteiger partial charge in [0.05, 0.1) is 17.5 Å². The van der Waals surface area contributed by atoms with Gasteiger partial charge in [-0.15, -0.1) is 11.8 Å². The first kappa shape index (κ1) is 20.9. The lowest BCUT2D eigenvalue weighted by Gasteiger charge is -2.51. The van der Waals surface area contributed by atoms with Gasteiger partial charge >= 0.3 is 0 Å². The van der Waals surface area contributed by atoms with Gasteiger partial charge in [0.15, 0.2) is 16.4 Å². The van der Waals surface area contributed by atoms with Gasteiger partial charge in [0.2, 0.25) is 12.7 Å². The van der Waals surface area contributed by atoms with Crippen LogP contribution in [-0.2, 0) is 9.59 Å². The van der Waals surface area contributed by atoms with Crippen LogP contribution in [0.5, 0.6) is 11.5 Å².